The lowest BCUT2D eigenvalue weighted by Crippen LogP contribution is -2.49. The number of carboxylic acid groups (broad SMARTS) is 2. The fourth-order valence-electron chi connectivity index (χ4n) is 6.11. The number of ether oxygens (including phenoxy) is 5. The van der Waals surface area contributed by atoms with Gasteiger partial charge in [-0.15, -0.1) is 0 Å². The zero-order valence-corrected chi connectivity index (χ0v) is 34.1. The van der Waals surface area contributed by atoms with Crippen LogP contribution in [0.3, 0.4) is 0 Å². The molecule has 0 fully saturated rings. The van der Waals surface area contributed by atoms with Gasteiger partial charge in [-0.25, -0.2) is 4.98 Å². The molecule has 0 aliphatic rings. The van der Waals surface area contributed by atoms with E-state index >= 15 is 0 Å². The maximum absolute atomic E-state index is 13.4. The summed E-state index contributed by atoms with van der Waals surface area (Å²) in [5, 5.41) is 32.7. The molecule has 4 aromatic rings. The number of aromatic nitrogens is 1. The lowest BCUT2D eigenvalue weighted by atomic mass is 9.95. The van der Waals surface area contributed by atoms with Crippen molar-refractivity contribution in [1.29, 1.82) is 0 Å². The van der Waals surface area contributed by atoms with Crippen molar-refractivity contribution in [3.63, 3.8) is 0 Å². The highest BCUT2D eigenvalue weighted by Gasteiger charge is 2.27. The number of carbonyl (C=O) groups is 4. The van der Waals surface area contributed by atoms with Gasteiger partial charge in [0.25, 0.3) is 0 Å². The van der Waals surface area contributed by atoms with E-state index in [9.17, 15) is 29.4 Å². The van der Waals surface area contributed by atoms with Crippen molar-refractivity contribution < 1.29 is 53.1 Å². The predicted octanol–water partition coefficient (Wildman–Crippen LogP) is 5.45. The standard InChI is InChI=1S/C43H53N7O11/c1-30-14-16-46-39(27-30)45-15-4-7-40(51)48-37(29-42(54)55)43(56)49-36(28-41(52)53)32-10-8-31(9-11-32)33-12-13-38(35-6-3-2-5-34(33)35)61-26-25-60-24-23-59-22-21-58-20-19-57-18-17-47-50-44/h2-3,5-6,8-14,16,27,36-37H,4,7,15,17-26,28-29H2,1H3,(H,45,46)(H,48,51)(H,49,56)(H,52,53)(H,54,55). The summed E-state index contributed by atoms with van der Waals surface area (Å²) in [7, 11) is 0. The van der Waals surface area contributed by atoms with Crippen molar-refractivity contribution in [2.24, 2.45) is 5.11 Å². The number of azide groups is 1. The average molecular weight is 844 g/mol. The van der Waals surface area contributed by atoms with E-state index in [0.717, 1.165) is 27.5 Å². The van der Waals surface area contributed by atoms with E-state index in [-0.39, 0.29) is 6.42 Å². The molecule has 0 aliphatic carbocycles. The fourth-order valence-corrected chi connectivity index (χ4v) is 6.11. The first-order chi connectivity index (χ1) is 29.6. The van der Waals surface area contributed by atoms with Gasteiger partial charge in [-0.05, 0) is 64.7 Å². The number of carbonyl (C=O) groups excluding carboxylic acids is 2. The number of hydrogen-bond donors (Lipinski definition) is 5. The minimum atomic E-state index is -1.42. The largest absolute Gasteiger partial charge is 0.491 e. The molecule has 18 nitrogen and oxygen atoms in total. The number of aryl methyl sites for hydroxylation is 1. The SMILES string of the molecule is Cc1ccnc(NCCCC(=O)NC(CC(=O)O)C(=O)NC(CC(=O)O)c2ccc(-c3ccc(OCCOCCOCCOCCOCCN=[N+]=[N-])c4ccccc34)cc2)c1. The zero-order valence-electron chi connectivity index (χ0n) is 34.1. The Bertz CT molecular complexity index is 2060. The molecule has 2 unspecified atom stereocenters. The minimum Gasteiger partial charge on any atom is -0.491 e. The number of pyridine rings is 1. The van der Waals surface area contributed by atoms with E-state index in [0.29, 0.717) is 96.1 Å². The number of fused-ring (bicyclic) bond motifs is 1. The Labute approximate surface area is 353 Å². The quantitative estimate of drug-likeness (QED) is 0.0190. The highest BCUT2D eigenvalue weighted by molar-refractivity contribution is 6.00. The number of benzene rings is 3. The van der Waals surface area contributed by atoms with Crippen LogP contribution in [-0.2, 0) is 38.1 Å². The highest BCUT2D eigenvalue weighted by atomic mass is 16.6. The van der Waals surface area contributed by atoms with Crippen molar-refractivity contribution >= 4 is 40.3 Å². The average Bonchev–Trinajstić information content (AvgIpc) is 3.24. The van der Waals surface area contributed by atoms with Gasteiger partial charge >= 0.3 is 11.9 Å². The highest BCUT2D eigenvalue weighted by Crippen LogP contribution is 2.35. The number of aliphatic carboxylic acids is 2. The monoisotopic (exact) mass is 843 g/mol. The van der Waals surface area contributed by atoms with E-state index in [2.05, 4.69) is 31.0 Å². The molecule has 5 N–H and O–H groups in total. The first-order valence-electron chi connectivity index (χ1n) is 19.9. The van der Waals surface area contributed by atoms with Gasteiger partial charge in [0.15, 0.2) is 0 Å². The summed E-state index contributed by atoms with van der Waals surface area (Å²) in [5.74, 6) is -2.46. The topological polar surface area (TPSA) is 253 Å². The van der Waals surface area contributed by atoms with Gasteiger partial charge < -0.3 is 49.8 Å². The van der Waals surface area contributed by atoms with Crippen LogP contribution in [0.15, 0.2) is 84.1 Å². The molecule has 2 atom stereocenters. The number of hydrogen-bond acceptors (Lipinski definition) is 12. The van der Waals surface area contributed by atoms with Crippen LogP contribution in [0.2, 0.25) is 0 Å². The summed E-state index contributed by atoms with van der Waals surface area (Å²) in [6.45, 7) is 6.15. The molecule has 0 aliphatic heterocycles. The lowest BCUT2D eigenvalue weighted by molar-refractivity contribution is -0.142. The van der Waals surface area contributed by atoms with E-state index in [1.807, 2.05) is 67.6 Å². The van der Waals surface area contributed by atoms with Gasteiger partial charge in [-0.1, -0.05) is 59.7 Å². The predicted molar refractivity (Wildman–Crippen MR) is 226 cm³/mol. The van der Waals surface area contributed by atoms with Gasteiger partial charge in [0, 0.05) is 36.0 Å². The Hall–Kier alpha value is -6.30. The van der Waals surface area contributed by atoms with Crippen LogP contribution in [0.1, 0.15) is 42.9 Å². The number of amides is 2. The number of carboxylic acids is 2. The third-order valence-electron chi connectivity index (χ3n) is 9.04. The van der Waals surface area contributed by atoms with Crippen molar-refractivity contribution in [3.05, 3.63) is 101 Å². The van der Waals surface area contributed by atoms with Crippen molar-refractivity contribution in [3.8, 4) is 16.9 Å². The first-order valence-corrected chi connectivity index (χ1v) is 19.9. The minimum absolute atomic E-state index is 0.0231. The van der Waals surface area contributed by atoms with Gasteiger partial charge in [-0.2, -0.15) is 0 Å². The van der Waals surface area contributed by atoms with Crippen LogP contribution in [0.5, 0.6) is 5.75 Å². The molecule has 0 spiro atoms. The summed E-state index contributed by atoms with van der Waals surface area (Å²) < 4.78 is 27.9. The van der Waals surface area contributed by atoms with E-state index in [4.69, 9.17) is 29.2 Å². The second-order valence-electron chi connectivity index (χ2n) is 13.7. The van der Waals surface area contributed by atoms with E-state index in [1.165, 1.54) is 0 Å². The Balaban J connectivity index is 1.27. The summed E-state index contributed by atoms with van der Waals surface area (Å²) in [4.78, 5) is 56.5. The number of rotatable bonds is 30. The first kappa shape index (κ1) is 47.4. The van der Waals surface area contributed by atoms with Gasteiger partial charge in [0.05, 0.1) is 71.7 Å². The second kappa shape index (κ2) is 26.7. The van der Waals surface area contributed by atoms with E-state index < -0.39 is 48.7 Å². The molecule has 4 rings (SSSR count). The van der Waals surface area contributed by atoms with Crippen LogP contribution in [0.25, 0.3) is 32.3 Å². The Morgan fingerprint density at radius 3 is 2.05 bits per heavy atom. The third-order valence-corrected chi connectivity index (χ3v) is 9.04. The molecule has 1 aromatic heterocycles. The van der Waals surface area contributed by atoms with Crippen LogP contribution in [-0.4, -0.2) is 118 Å². The maximum atomic E-state index is 13.4. The maximum Gasteiger partial charge on any atom is 0.305 e. The molecule has 61 heavy (non-hydrogen) atoms. The molecule has 0 saturated carbocycles. The zero-order chi connectivity index (χ0) is 43.7. The molecule has 326 valence electrons. The van der Waals surface area contributed by atoms with E-state index in [1.54, 1.807) is 18.3 Å². The molecule has 1 heterocycles. The number of nitrogens with zero attached hydrogens (tertiary/aromatic N) is 4. The molecule has 0 radical (unpaired) electrons. The lowest BCUT2D eigenvalue weighted by Gasteiger charge is -2.22. The van der Waals surface area contributed by atoms with Crippen LogP contribution in [0.4, 0.5) is 5.82 Å². The van der Waals surface area contributed by atoms with Crippen molar-refractivity contribution in [2.45, 2.75) is 44.7 Å². The summed E-state index contributed by atoms with van der Waals surface area (Å²) in [6, 6.07) is 20.0. The number of anilines is 1. The van der Waals surface area contributed by atoms with Crippen molar-refractivity contribution in [2.75, 3.05) is 77.9 Å². The summed E-state index contributed by atoms with van der Waals surface area (Å²) in [5.41, 5.74) is 11.5. The molecule has 0 bridgehead atoms. The van der Waals surface area contributed by atoms with Crippen molar-refractivity contribution in [1.82, 2.24) is 15.6 Å². The normalized spacial score (nSPS) is 11.9. The molecule has 3 aromatic carbocycles. The summed E-state index contributed by atoms with van der Waals surface area (Å²) >= 11 is 0. The molecule has 18 heteroatoms. The Kier molecular flexibility index (Phi) is 20.8. The fraction of sp³-hybridized carbons (Fsp3) is 0.419. The Morgan fingerprint density at radius 2 is 1.41 bits per heavy atom. The molecular weight excluding hydrogens is 791 g/mol. The second-order valence-corrected chi connectivity index (χ2v) is 13.7. The van der Waals surface area contributed by atoms with Crippen LogP contribution >= 0.6 is 0 Å². The van der Waals surface area contributed by atoms with Gasteiger partial charge in [-0.3, -0.25) is 19.2 Å². The van der Waals surface area contributed by atoms with Gasteiger partial charge in [0.2, 0.25) is 11.8 Å². The molecular formula is C43H53N7O11. The Morgan fingerprint density at radius 1 is 0.770 bits per heavy atom. The molecule has 0 saturated heterocycles. The van der Waals surface area contributed by atoms with Crippen LogP contribution in [0, 0.1) is 6.92 Å². The van der Waals surface area contributed by atoms with Crippen LogP contribution < -0.4 is 20.7 Å². The molecule has 2 amide bonds. The summed E-state index contributed by atoms with van der Waals surface area (Å²) in [6.07, 6.45) is 0.931. The number of nitrogens with one attached hydrogen (secondary N) is 3. The smallest absolute Gasteiger partial charge is 0.305 e. The van der Waals surface area contributed by atoms with Gasteiger partial charge in [0.1, 0.15) is 24.2 Å². The third kappa shape index (κ3) is 17.4.